The van der Waals surface area contributed by atoms with Crippen molar-refractivity contribution in [3.63, 3.8) is 0 Å². The molecule has 3 rings (SSSR count). The van der Waals surface area contributed by atoms with E-state index in [-0.39, 0.29) is 36.3 Å². The first-order valence-corrected chi connectivity index (χ1v) is 9.08. The molecule has 1 aromatic carbocycles. The van der Waals surface area contributed by atoms with Crippen molar-refractivity contribution in [2.75, 3.05) is 11.5 Å². The topological polar surface area (TPSA) is 99.4 Å². The Morgan fingerprint density at radius 1 is 1.26 bits per heavy atom. The van der Waals surface area contributed by atoms with Gasteiger partial charge in [0.1, 0.15) is 0 Å². The van der Waals surface area contributed by atoms with Crippen LogP contribution in [0.25, 0.3) is 11.5 Å². The van der Waals surface area contributed by atoms with Crippen LogP contribution in [0, 0.1) is 5.92 Å². The number of hydrogen-bond donors (Lipinski definition) is 0. The first kappa shape index (κ1) is 15.7. The van der Waals surface area contributed by atoms with E-state index < -0.39 is 15.8 Å². The number of rotatable bonds is 5. The third kappa shape index (κ3) is 4.16. The van der Waals surface area contributed by atoms with Crippen LogP contribution in [0.1, 0.15) is 18.7 Å². The summed E-state index contributed by atoms with van der Waals surface area (Å²) < 4.78 is 33.2. The predicted molar refractivity (Wildman–Crippen MR) is 80.9 cm³/mol. The van der Waals surface area contributed by atoms with E-state index >= 15 is 0 Å². The van der Waals surface area contributed by atoms with Crippen molar-refractivity contribution in [2.24, 2.45) is 5.92 Å². The summed E-state index contributed by atoms with van der Waals surface area (Å²) in [6, 6.07) is 9.27. The third-order valence-corrected chi connectivity index (χ3v) is 5.46. The van der Waals surface area contributed by atoms with Gasteiger partial charge in [0.15, 0.2) is 16.4 Å². The normalized spacial score (nSPS) is 19.6. The van der Waals surface area contributed by atoms with Gasteiger partial charge in [0, 0.05) is 12.0 Å². The van der Waals surface area contributed by atoms with Crippen LogP contribution in [-0.2, 0) is 26.0 Å². The number of sulfone groups is 1. The van der Waals surface area contributed by atoms with E-state index in [9.17, 15) is 13.2 Å². The fraction of sp³-hybridized carbons (Fsp3) is 0.400. The molecule has 0 amide bonds. The molecule has 23 heavy (non-hydrogen) atoms. The zero-order valence-corrected chi connectivity index (χ0v) is 13.2. The molecule has 1 atom stereocenters. The molecule has 0 radical (unpaired) electrons. The van der Waals surface area contributed by atoms with E-state index in [1.54, 1.807) is 0 Å². The molecule has 0 spiro atoms. The summed E-state index contributed by atoms with van der Waals surface area (Å²) in [4.78, 5) is 11.8. The molecular weight excluding hydrogens is 320 g/mol. The van der Waals surface area contributed by atoms with Crippen LogP contribution < -0.4 is 0 Å². The molecule has 1 aliphatic rings. The van der Waals surface area contributed by atoms with Crippen molar-refractivity contribution in [1.29, 1.82) is 0 Å². The molecule has 2 aromatic rings. The minimum atomic E-state index is -2.98. The summed E-state index contributed by atoms with van der Waals surface area (Å²) in [6.45, 7) is -0.113. The van der Waals surface area contributed by atoms with Crippen LogP contribution in [0.5, 0.6) is 0 Å². The van der Waals surface area contributed by atoms with E-state index in [1.165, 1.54) is 0 Å². The van der Waals surface area contributed by atoms with Crippen LogP contribution >= 0.6 is 0 Å². The maximum absolute atomic E-state index is 11.8. The zero-order chi connectivity index (χ0) is 16.3. The number of ether oxygens (including phenoxy) is 1. The van der Waals surface area contributed by atoms with Gasteiger partial charge in [0.2, 0.25) is 5.89 Å². The van der Waals surface area contributed by atoms with E-state index in [1.807, 2.05) is 30.3 Å². The largest absolute Gasteiger partial charge is 0.456 e. The Hall–Kier alpha value is -2.22. The second kappa shape index (κ2) is 6.49. The van der Waals surface area contributed by atoms with Gasteiger partial charge < -0.3 is 9.15 Å². The van der Waals surface area contributed by atoms with Gasteiger partial charge in [-0.15, -0.1) is 10.2 Å². The average Bonchev–Trinajstić information content (AvgIpc) is 3.13. The lowest BCUT2D eigenvalue weighted by Crippen LogP contribution is -2.13. The Labute approximate surface area is 133 Å². The number of carbonyl (C=O) groups excluding carboxylic acids is 1. The van der Waals surface area contributed by atoms with Crippen LogP contribution in [0.15, 0.2) is 34.7 Å². The van der Waals surface area contributed by atoms with Gasteiger partial charge in [0.05, 0.1) is 11.5 Å². The quantitative estimate of drug-likeness (QED) is 0.765. The van der Waals surface area contributed by atoms with Crippen LogP contribution in [0.3, 0.4) is 0 Å². The molecule has 1 fully saturated rings. The van der Waals surface area contributed by atoms with E-state index in [0.29, 0.717) is 12.3 Å². The number of benzene rings is 1. The molecule has 0 aliphatic carbocycles. The Kier molecular flexibility index (Phi) is 4.42. The average molecular weight is 336 g/mol. The molecule has 1 saturated heterocycles. The lowest BCUT2D eigenvalue weighted by Gasteiger charge is -2.06. The summed E-state index contributed by atoms with van der Waals surface area (Å²) in [5.41, 5.74) is 0.786. The monoisotopic (exact) mass is 336 g/mol. The molecule has 8 heteroatoms. The number of hydrogen-bond acceptors (Lipinski definition) is 7. The molecule has 2 heterocycles. The van der Waals surface area contributed by atoms with Gasteiger partial charge in [-0.25, -0.2) is 8.42 Å². The summed E-state index contributed by atoms with van der Waals surface area (Å²) in [7, 11) is -2.98. The maximum Gasteiger partial charge on any atom is 0.306 e. The van der Waals surface area contributed by atoms with Crippen molar-refractivity contribution in [3.8, 4) is 11.5 Å². The highest BCUT2D eigenvalue weighted by Gasteiger charge is 2.29. The Morgan fingerprint density at radius 2 is 2.04 bits per heavy atom. The first-order chi connectivity index (χ1) is 11.0. The smallest absolute Gasteiger partial charge is 0.306 e. The highest BCUT2D eigenvalue weighted by atomic mass is 32.2. The fourth-order valence-electron chi connectivity index (χ4n) is 2.48. The van der Waals surface area contributed by atoms with Crippen molar-refractivity contribution in [1.82, 2.24) is 10.2 Å². The number of esters is 1. The fourth-order valence-corrected chi connectivity index (χ4v) is 4.34. The second-order valence-electron chi connectivity index (χ2n) is 5.50. The molecule has 1 aromatic heterocycles. The SMILES string of the molecule is O=C(C[C@@H]1CCS(=O)(=O)C1)OCc1nnc(-c2ccccc2)o1. The molecule has 0 N–H and O–H groups in total. The number of carbonyl (C=O) groups is 1. The van der Waals surface area contributed by atoms with Gasteiger partial charge in [0.25, 0.3) is 5.89 Å². The highest BCUT2D eigenvalue weighted by Crippen LogP contribution is 2.22. The minimum absolute atomic E-state index is 0.0564. The number of aromatic nitrogens is 2. The summed E-state index contributed by atoms with van der Waals surface area (Å²) >= 11 is 0. The predicted octanol–water partition coefficient (Wildman–Crippen LogP) is 1.60. The van der Waals surface area contributed by atoms with Gasteiger partial charge in [-0.3, -0.25) is 4.79 Å². The van der Waals surface area contributed by atoms with E-state index in [2.05, 4.69) is 10.2 Å². The maximum atomic E-state index is 11.8. The van der Waals surface area contributed by atoms with Crippen molar-refractivity contribution in [3.05, 3.63) is 36.2 Å². The van der Waals surface area contributed by atoms with Gasteiger partial charge >= 0.3 is 5.97 Å². The lowest BCUT2D eigenvalue weighted by atomic mass is 10.1. The van der Waals surface area contributed by atoms with Gasteiger partial charge in [-0.05, 0) is 24.5 Å². The zero-order valence-electron chi connectivity index (χ0n) is 12.3. The molecule has 0 saturated carbocycles. The Bertz CT molecular complexity index is 785. The molecule has 1 aliphatic heterocycles. The molecule has 122 valence electrons. The molecule has 0 bridgehead atoms. The van der Waals surface area contributed by atoms with Crippen molar-refractivity contribution < 1.29 is 22.4 Å². The highest BCUT2D eigenvalue weighted by molar-refractivity contribution is 7.91. The summed E-state index contributed by atoms with van der Waals surface area (Å²) in [5.74, 6) is 0.159. The van der Waals surface area contributed by atoms with E-state index in [0.717, 1.165) is 5.56 Å². The Balaban J connectivity index is 1.51. The van der Waals surface area contributed by atoms with Crippen LogP contribution in [0.2, 0.25) is 0 Å². The second-order valence-corrected chi connectivity index (χ2v) is 7.73. The van der Waals surface area contributed by atoms with Gasteiger partial charge in [-0.2, -0.15) is 0 Å². The van der Waals surface area contributed by atoms with Crippen LogP contribution in [-0.4, -0.2) is 36.1 Å². The lowest BCUT2D eigenvalue weighted by molar-refractivity contribution is -0.146. The van der Waals surface area contributed by atoms with Crippen LogP contribution in [0.4, 0.5) is 0 Å². The summed E-state index contributed by atoms with van der Waals surface area (Å²) in [6.07, 6.45) is 0.606. The first-order valence-electron chi connectivity index (χ1n) is 7.26. The van der Waals surface area contributed by atoms with Crippen molar-refractivity contribution >= 4 is 15.8 Å². The number of nitrogens with zero attached hydrogens (tertiary/aromatic N) is 2. The van der Waals surface area contributed by atoms with E-state index in [4.69, 9.17) is 9.15 Å². The summed E-state index contributed by atoms with van der Waals surface area (Å²) in [5, 5.41) is 7.73. The van der Waals surface area contributed by atoms with Gasteiger partial charge in [-0.1, -0.05) is 18.2 Å². The third-order valence-electron chi connectivity index (χ3n) is 3.63. The van der Waals surface area contributed by atoms with Crippen molar-refractivity contribution in [2.45, 2.75) is 19.4 Å². The standard InChI is InChI=1S/C15H16N2O5S/c18-14(8-11-6-7-23(19,20)10-11)21-9-13-16-17-15(22-13)12-4-2-1-3-5-12/h1-5,11H,6-10H2/t11-/m0/s1. The molecule has 0 unspecified atom stereocenters. The molecular formula is C15H16N2O5S. The molecule has 7 nitrogen and oxygen atoms in total. The minimum Gasteiger partial charge on any atom is -0.456 e. The Morgan fingerprint density at radius 3 is 2.74 bits per heavy atom.